The van der Waals surface area contributed by atoms with Crippen LogP contribution in [0.3, 0.4) is 0 Å². The number of ketones is 1. The van der Waals surface area contributed by atoms with Crippen molar-refractivity contribution in [1.82, 2.24) is 0 Å². The van der Waals surface area contributed by atoms with Gasteiger partial charge in [-0.3, -0.25) is 4.79 Å². The molecule has 0 fully saturated rings. The second kappa shape index (κ2) is 3.30. The Morgan fingerprint density at radius 1 is 1.58 bits per heavy atom. The number of nitrogen functional groups attached to an aromatic ring is 1. The summed E-state index contributed by atoms with van der Waals surface area (Å²) in [5, 5.41) is 9.13. The quantitative estimate of drug-likeness (QED) is 0.467. The van der Waals surface area contributed by atoms with Crippen molar-refractivity contribution in [2.75, 3.05) is 5.73 Å². The maximum atomic E-state index is 11.0. The number of carbonyl (C=O) groups is 1. The van der Waals surface area contributed by atoms with Crippen molar-refractivity contribution in [3.63, 3.8) is 0 Å². The van der Waals surface area contributed by atoms with Crippen LogP contribution in [0.5, 0.6) is 5.75 Å². The van der Waals surface area contributed by atoms with E-state index in [1.54, 1.807) is 0 Å². The van der Waals surface area contributed by atoms with Gasteiger partial charge in [0, 0.05) is 20.9 Å². The van der Waals surface area contributed by atoms with E-state index in [2.05, 4.69) is 0 Å². The summed E-state index contributed by atoms with van der Waals surface area (Å²) in [5.74, 6) is -0.0693. The van der Waals surface area contributed by atoms with E-state index in [9.17, 15) is 4.79 Å². The van der Waals surface area contributed by atoms with E-state index in [-0.39, 0.29) is 11.5 Å². The second-order valence-corrected chi connectivity index (χ2v) is 3.53. The van der Waals surface area contributed by atoms with Crippen LogP contribution >= 0.6 is 22.6 Å². The number of benzene rings is 1. The van der Waals surface area contributed by atoms with Crippen LogP contribution in [-0.4, -0.2) is 10.9 Å². The maximum Gasteiger partial charge on any atom is 0.161 e. The number of halogens is 1. The van der Waals surface area contributed by atoms with E-state index in [4.69, 9.17) is 10.8 Å². The molecule has 0 aromatic heterocycles. The molecule has 64 valence electrons. The molecule has 1 aromatic carbocycles. The van der Waals surface area contributed by atoms with Gasteiger partial charge >= 0.3 is 0 Å². The normalized spacial score (nSPS) is 9.83. The summed E-state index contributed by atoms with van der Waals surface area (Å²) in [6, 6.07) is 2.84. The molecule has 0 aliphatic rings. The van der Waals surface area contributed by atoms with Gasteiger partial charge in [-0.25, -0.2) is 0 Å². The number of phenols is 1. The van der Waals surface area contributed by atoms with Gasteiger partial charge in [0.1, 0.15) is 5.75 Å². The molecule has 0 bridgehead atoms. The molecule has 0 aliphatic heterocycles. The van der Waals surface area contributed by atoms with Crippen LogP contribution in [0.25, 0.3) is 0 Å². The molecule has 0 amide bonds. The fourth-order valence-corrected chi connectivity index (χ4v) is 1.58. The van der Waals surface area contributed by atoms with Gasteiger partial charge in [-0.15, -0.1) is 0 Å². The number of phenolic OH excluding ortho intramolecular Hbond substituents is 1. The molecule has 3 N–H and O–H groups in total. The first-order valence-electron chi connectivity index (χ1n) is 3.31. The second-order valence-electron chi connectivity index (χ2n) is 2.45. The fourth-order valence-electron chi connectivity index (χ4n) is 0.887. The SMILES string of the molecule is CC(=O)c1cc(O)cc(N)c1I. The summed E-state index contributed by atoms with van der Waals surface area (Å²) >= 11 is 1.98. The number of Topliss-reactive ketones (excluding diaryl/α,β-unsaturated/α-hetero) is 1. The highest BCUT2D eigenvalue weighted by Crippen LogP contribution is 2.25. The third-order valence-corrected chi connectivity index (χ3v) is 2.67. The minimum absolute atomic E-state index is 0.0260. The minimum atomic E-state index is -0.0954. The monoisotopic (exact) mass is 277 g/mol. The van der Waals surface area contributed by atoms with Crippen molar-refractivity contribution in [3.05, 3.63) is 21.3 Å². The smallest absolute Gasteiger partial charge is 0.161 e. The Morgan fingerprint density at radius 2 is 2.17 bits per heavy atom. The van der Waals surface area contributed by atoms with Crippen LogP contribution in [0.4, 0.5) is 5.69 Å². The van der Waals surface area contributed by atoms with Gasteiger partial charge in [0.2, 0.25) is 0 Å². The third kappa shape index (κ3) is 1.69. The van der Waals surface area contributed by atoms with Gasteiger partial charge < -0.3 is 10.8 Å². The van der Waals surface area contributed by atoms with Gasteiger partial charge in [0.15, 0.2) is 5.78 Å². The van der Waals surface area contributed by atoms with Gasteiger partial charge in [0.25, 0.3) is 0 Å². The minimum Gasteiger partial charge on any atom is -0.508 e. The van der Waals surface area contributed by atoms with Gasteiger partial charge in [-0.2, -0.15) is 0 Å². The molecule has 0 heterocycles. The van der Waals surface area contributed by atoms with Crippen molar-refractivity contribution in [3.8, 4) is 5.75 Å². The molecule has 4 heteroatoms. The van der Waals surface area contributed by atoms with Crippen molar-refractivity contribution < 1.29 is 9.90 Å². The molecular formula is C8H8INO2. The highest BCUT2D eigenvalue weighted by Gasteiger charge is 2.09. The van der Waals surface area contributed by atoms with Gasteiger partial charge in [-0.1, -0.05) is 0 Å². The van der Waals surface area contributed by atoms with Crippen molar-refractivity contribution in [1.29, 1.82) is 0 Å². The Balaban J connectivity index is 3.37. The molecule has 12 heavy (non-hydrogen) atoms. The lowest BCUT2D eigenvalue weighted by Crippen LogP contribution is -1.99. The number of aromatic hydroxyl groups is 1. The topological polar surface area (TPSA) is 63.3 Å². The van der Waals surface area contributed by atoms with Gasteiger partial charge in [0.05, 0.1) is 0 Å². The third-order valence-electron chi connectivity index (χ3n) is 1.46. The molecule has 0 aliphatic carbocycles. The van der Waals surface area contributed by atoms with E-state index in [0.29, 0.717) is 14.8 Å². The molecule has 1 aromatic rings. The average Bonchev–Trinajstić information content (AvgIpc) is 1.96. The van der Waals surface area contributed by atoms with Crippen molar-refractivity contribution in [2.45, 2.75) is 6.92 Å². The average molecular weight is 277 g/mol. The summed E-state index contributed by atoms with van der Waals surface area (Å²) in [4.78, 5) is 11.0. The molecule has 0 unspecified atom stereocenters. The molecule has 0 saturated carbocycles. The Bertz CT molecular complexity index is 336. The number of hydrogen-bond acceptors (Lipinski definition) is 3. The summed E-state index contributed by atoms with van der Waals surface area (Å²) in [5.41, 5.74) is 6.44. The van der Waals surface area contributed by atoms with Crippen LogP contribution in [-0.2, 0) is 0 Å². The first-order valence-corrected chi connectivity index (χ1v) is 4.39. The lowest BCUT2D eigenvalue weighted by molar-refractivity contribution is 0.101. The fraction of sp³-hybridized carbons (Fsp3) is 0.125. The number of nitrogens with two attached hydrogens (primary N) is 1. The first-order chi connectivity index (χ1) is 5.52. The zero-order valence-electron chi connectivity index (χ0n) is 6.47. The predicted molar refractivity (Wildman–Crippen MR) is 55.2 cm³/mol. The highest BCUT2D eigenvalue weighted by atomic mass is 127. The summed E-state index contributed by atoms with van der Waals surface area (Å²) < 4.78 is 0.693. The van der Waals surface area contributed by atoms with Crippen LogP contribution in [0, 0.1) is 3.57 Å². The predicted octanol–water partition coefficient (Wildman–Crippen LogP) is 1.78. The van der Waals surface area contributed by atoms with E-state index in [0.717, 1.165) is 0 Å². The van der Waals surface area contributed by atoms with Crippen molar-refractivity contribution >= 4 is 34.1 Å². The summed E-state index contributed by atoms with van der Waals surface area (Å²) in [6.45, 7) is 1.44. The molecule has 0 spiro atoms. The van der Waals surface area contributed by atoms with Crippen LogP contribution in [0.15, 0.2) is 12.1 Å². The number of hydrogen-bond donors (Lipinski definition) is 2. The van der Waals surface area contributed by atoms with Crippen LogP contribution in [0.1, 0.15) is 17.3 Å². The molecule has 0 saturated heterocycles. The molecule has 1 rings (SSSR count). The lowest BCUT2D eigenvalue weighted by atomic mass is 10.1. The molecule has 0 radical (unpaired) electrons. The number of carbonyl (C=O) groups excluding carboxylic acids is 1. The van der Waals surface area contributed by atoms with E-state index in [1.807, 2.05) is 22.6 Å². The Kier molecular flexibility index (Phi) is 2.56. The number of anilines is 1. The first kappa shape index (κ1) is 9.31. The molecule has 0 atom stereocenters. The van der Waals surface area contributed by atoms with Crippen LogP contribution < -0.4 is 5.73 Å². The van der Waals surface area contributed by atoms with Crippen molar-refractivity contribution in [2.24, 2.45) is 0 Å². The zero-order valence-corrected chi connectivity index (χ0v) is 8.62. The Hall–Kier alpha value is -0.780. The standard InChI is InChI=1S/C8H8INO2/c1-4(11)6-2-5(12)3-7(10)8(6)9/h2-3,12H,10H2,1H3. The van der Waals surface area contributed by atoms with Crippen LogP contribution in [0.2, 0.25) is 0 Å². The summed E-state index contributed by atoms with van der Waals surface area (Å²) in [6.07, 6.45) is 0. The molecule has 3 nitrogen and oxygen atoms in total. The van der Waals surface area contributed by atoms with Gasteiger partial charge in [-0.05, 0) is 35.6 Å². The number of rotatable bonds is 1. The molecular weight excluding hydrogens is 269 g/mol. The largest absolute Gasteiger partial charge is 0.508 e. The van der Waals surface area contributed by atoms with E-state index in [1.165, 1.54) is 19.1 Å². The maximum absolute atomic E-state index is 11.0. The Morgan fingerprint density at radius 3 is 2.67 bits per heavy atom. The van der Waals surface area contributed by atoms with E-state index < -0.39 is 0 Å². The Labute approximate surface area is 83.7 Å². The summed E-state index contributed by atoms with van der Waals surface area (Å²) in [7, 11) is 0. The zero-order chi connectivity index (χ0) is 9.30. The van der Waals surface area contributed by atoms with E-state index >= 15 is 0 Å². The highest BCUT2D eigenvalue weighted by molar-refractivity contribution is 14.1. The lowest BCUT2D eigenvalue weighted by Gasteiger charge is -2.04.